The average molecular weight is 294 g/mol. The van der Waals surface area contributed by atoms with Gasteiger partial charge in [-0.2, -0.15) is 4.98 Å². The summed E-state index contributed by atoms with van der Waals surface area (Å²) in [7, 11) is 1.59. The summed E-state index contributed by atoms with van der Waals surface area (Å²) in [5.41, 5.74) is 4.13. The van der Waals surface area contributed by atoms with Crippen LogP contribution in [0.3, 0.4) is 0 Å². The highest BCUT2D eigenvalue weighted by Crippen LogP contribution is 2.23. The Morgan fingerprint density at radius 3 is 2.80 bits per heavy atom. The number of hydrogen-bond donors (Lipinski definition) is 2. The van der Waals surface area contributed by atoms with Gasteiger partial charge in [0.25, 0.3) is 0 Å². The van der Waals surface area contributed by atoms with Crippen molar-refractivity contribution in [2.45, 2.75) is 29.9 Å². The first-order valence-electron chi connectivity index (χ1n) is 5.98. The Labute approximate surface area is 118 Å². The molecule has 0 radical (unpaired) electrons. The highest BCUT2D eigenvalue weighted by molar-refractivity contribution is 7.99. The third kappa shape index (κ3) is 3.23. The van der Waals surface area contributed by atoms with E-state index in [9.17, 15) is 9.59 Å². The summed E-state index contributed by atoms with van der Waals surface area (Å²) in [5.74, 6) is 1.00. The van der Waals surface area contributed by atoms with Gasteiger partial charge < -0.3 is 5.73 Å². The number of nitrogens with one attached hydrogen (secondary N) is 1. The molecule has 3 N–H and O–H groups in total. The van der Waals surface area contributed by atoms with Gasteiger partial charge in [0.15, 0.2) is 5.16 Å². The van der Waals surface area contributed by atoms with E-state index in [1.54, 1.807) is 13.1 Å². The second-order valence-corrected chi connectivity index (χ2v) is 5.09. The van der Waals surface area contributed by atoms with Crippen molar-refractivity contribution >= 4 is 17.6 Å². The molecule has 2 aromatic heterocycles. The molecule has 0 aliphatic carbocycles. The number of H-pyrrole nitrogens is 1. The number of aromatic amines is 1. The molecule has 0 aromatic carbocycles. The van der Waals surface area contributed by atoms with E-state index in [4.69, 9.17) is 5.73 Å². The molecule has 0 bridgehead atoms. The van der Waals surface area contributed by atoms with Crippen LogP contribution >= 0.6 is 11.8 Å². The number of aryl methyl sites for hydroxylation is 2. The first kappa shape index (κ1) is 14.3. The molecule has 2 rings (SSSR count). The summed E-state index contributed by atoms with van der Waals surface area (Å²) in [4.78, 5) is 34.6. The summed E-state index contributed by atoms with van der Waals surface area (Å²) < 4.78 is 1.37. The lowest BCUT2D eigenvalue weighted by molar-refractivity contribution is 0.596. The lowest BCUT2D eigenvalue weighted by atomic mass is 10.3. The SMILES string of the molecule is CCCc1nc(N)cc(Sc2nc(=O)c(=O)[nH]n2C)n1. The summed E-state index contributed by atoms with van der Waals surface area (Å²) in [6.07, 6.45) is 1.62. The van der Waals surface area contributed by atoms with Crippen LogP contribution in [0.15, 0.2) is 25.8 Å². The molecule has 0 aliphatic heterocycles. The maximum Gasteiger partial charge on any atom is 0.339 e. The van der Waals surface area contributed by atoms with Gasteiger partial charge in [-0.1, -0.05) is 6.92 Å². The van der Waals surface area contributed by atoms with Gasteiger partial charge in [-0.3, -0.25) is 19.4 Å². The molecule has 2 heterocycles. The van der Waals surface area contributed by atoms with Gasteiger partial charge in [0.2, 0.25) is 0 Å². The van der Waals surface area contributed by atoms with E-state index in [1.807, 2.05) is 6.92 Å². The first-order valence-corrected chi connectivity index (χ1v) is 6.80. The average Bonchev–Trinajstić information content (AvgIpc) is 2.35. The van der Waals surface area contributed by atoms with Crippen LogP contribution < -0.4 is 16.9 Å². The highest BCUT2D eigenvalue weighted by atomic mass is 32.2. The largest absolute Gasteiger partial charge is 0.384 e. The smallest absolute Gasteiger partial charge is 0.339 e. The second-order valence-electron chi connectivity index (χ2n) is 4.10. The van der Waals surface area contributed by atoms with E-state index in [0.717, 1.165) is 24.6 Å². The van der Waals surface area contributed by atoms with Crippen molar-refractivity contribution in [3.05, 3.63) is 32.6 Å². The predicted octanol–water partition coefficient (Wildman–Crippen LogP) is -0.0555. The van der Waals surface area contributed by atoms with Crippen molar-refractivity contribution in [2.24, 2.45) is 7.05 Å². The maximum absolute atomic E-state index is 11.3. The van der Waals surface area contributed by atoms with Crippen LogP contribution in [0.25, 0.3) is 0 Å². The predicted molar refractivity (Wildman–Crippen MR) is 74.7 cm³/mol. The number of nitrogens with zero attached hydrogens (tertiary/aromatic N) is 4. The molecule has 0 spiro atoms. The number of aromatic nitrogens is 5. The van der Waals surface area contributed by atoms with Gasteiger partial charge in [-0.25, -0.2) is 9.97 Å². The molecule has 106 valence electrons. The Kier molecular flexibility index (Phi) is 4.18. The van der Waals surface area contributed by atoms with Crippen LogP contribution in [0.2, 0.25) is 0 Å². The normalized spacial score (nSPS) is 10.7. The fraction of sp³-hybridized carbons (Fsp3) is 0.364. The zero-order valence-corrected chi connectivity index (χ0v) is 11.9. The Bertz CT molecular complexity index is 738. The molecule has 2 aromatic rings. The minimum absolute atomic E-state index is 0.329. The molecule has 0 saturated heterocycles. The van der Waals surface area contributed by atoms with E-state index in [0.29, 0.717) is 21.8 Å². The maximum atomic E-state index is 11.3. The fourth-order valence-corrected chi connectivity index (χ4v) is 2.35. The zero-order valence-electron chi connectivity index (χ0n) is 11.1. The minimum atomic E-state index is -0.832. The van der Waals surface area contributed by atoms with Crippen LogP contribution in [-0.2, 0) is 13.5 Å². The first-order chi connectivity index (χ1) is 9.49. The molecule has 0 unspecified atom stereocenters. The quantitative estimate of drug-likeness (QED) is 0.599. The lowest BCUT2D eigenvalue weighted by Gasteiger charge is -2.07. The van der Waals surface area contributed by atoms with Gasteiger partial charge in [-0.15, -0.1) is 0 Å². The third-order valence-corrected chi connectivity index (χ3v) is 3.35. The van der Waals surface area contributed by atoms with Crippen LogP contribution in [-0.4, -0.2) is 24.7 Å². The summed E-state index contributed by atoms with van der Waals surface area (Å²) >= 11 is 1.14. The third-order valence-electron chi connectivity index (χ3n) is 2.39. The fourth-order valence-electron chi connectivity index (χ4n) is 1.53. The molecule has 0 saturated carbocycles. The van der Waals surface area contributed by atoms with Crippen molar-refractivity contribution < 1.29 is 0 Å². The van der Waals surface area contributed by atoms with E-state index in [1.165, 1.54) is 4.68 Å². The lowest BCUT2D eigenvalue weighted by Crippen LogP contribution is -2.33. The van der Waals surface area contributed by atoms with Crippen LogP contribution in [0, 0.1) is 0 Å². The monoisotopic (exact) mass is 294 g/mol. The standard InChI is InChI=1S/C11H14N6O2S/c1-3-4-7-13-6(12)5-8(14-7)20-11-15-9(18)10(19)16-17(11)2/h5H,3-4H2,1-2H3,(H,16,19)(H2,12,13,14). The highest BCUT2D eigenvalue weighted by Gasteiger charge is 2.09. The number of anilines is 1. The Morgan fingerprint density at radius 1 is 1.35 bits per heavy atom. The molecule has 0 amide bonds. The van der Waals surface area contributed by atoms with Crippen LogP contribution in [0.1, 0.15) is 19.2 Å². The van der Waals surface area contributed by atoms with Gasteiger partial charge >= 0.3 is 11.1 Å². The number of nitrogens with two attached hydrogens (primary N) is 1. The van der Waals surface area contributed by atoms with Crippen LogP contribution in [0.4, 0.5) is 5.82 Å². The summed E-state index contributed by atoms with van der Waals surface area (Å²) in [5, 5.41) is 3.28. The molecule has 0 fully saturated rings. The van der Waals surface area contributed by atoms with Gasteiger partial charge in [-0.05, 0) is 18.2 Å². The Balaban J connectivity index is 2.37. The molecular formula is C11H14N6O2S. The van der Waals surface area contributed by atoms with E-state index in [-0.39, 0.29) is 0 Å². The topological polar surface area (TPSA) is 120 Å². The number of rotatable bonds is 4. The second kappa shape index (κ2) is 5.87. The molecule has 0 atom stereocenters. The van der Waals surface area contributed by atoms with Crippen molar-refractivity contribution in [1.82, 2.24) is 24.7 Å². The molecule has 8 nitrogen and oxygen atoms in total. The van der Waals surface area contributed by atoms with Gasteiger partial charge in [0.1, 0.15) is 16.7 Å². The summed E-state index contributed by atoms with van der Waals surface area (Å²) in [6, 6.07) is 1.60. The Hall–Kier alpha value is -2.16. The molecule has 9 heteroatoms. The molecule has 20 heavy (non-hydrogen) atoms. The van der Waals surface area contributed by atoms with E-state index >= 15 is 0 Å². The Morgan fingerprint density at radius 2 is 2.10 bits per heavy atom. The van der Waals surface area contributed by atoms with Crippen molar-refractivity contribution in [1.29, 1.82) is 0 Å². The molecule has 0 aliphatic rings. The summed E-state index contributed by atoms with van der Waals surface area (Å²) in [6.45, 7) is 2.02. The van der Waals surface area contributed by atoms with E-state index < -0.39 is 11.1 Å². The van der Waals surface area contributed by atoms with Crippen molar-refractivity contribution in [3.63, 3.8) is 0 Å². The van der Waals surface area contributed by atoms with Gasteiger partial charge in [0, 0.05) is 19.5 Å². The number of nitrogen functional groups attached to an aromatic ring is 1. The minimum Gasteiger partial charge on any atom is -0.384 e. The number of hydrogen-bond acceptors (Lipinski definition) is 7. The van der Waals surface area contributed by atoms with E-state index in [2.05, 4.69) is 20.1 Å². The van der Waals surface area contributed by atoms with Crippen LogP contribution in [0.5, 0.6) is 0 Å². The van der Waals surface area contributed by atoms with Crippen molar-refractivity contribution in [2.75, 3.05) is 5.73 Å². The molecular weight excluding hydrogens is 280 g/mol. The zero-order chi connectivity index (χ0) is 14.7. The van der Waals surface area contributed by atoms with Crippen molar-refractivity contribution in [3.8, 4) is 0 Å². The van der Waals surface area contributed by atoms with Gasteiger partial charge in [0.05, 0.1) is 0 Å².